The van der Waals surface area contributed by atoms with Gasteiger partial charge in [0.25, 0.3) is 0 Å². The smallest absolute Gasteiger partial charge is 0.221 e. The first-order chi connectivity index (χ1) is 8.79. The molecule has 1 aromatic rings. The number of carbonyl (C=O) groups excluding carboxylic acids is 1. The Morgan fingerprint density at radius 2 is 2.39 bits per heavy atom. The molecule has 0 radical (unpaired) electrons. The number of amides is 1. The summed E-state index contributed by atoms with van der Waals surface area (Å²) in [6, 6.07) is 7.97. The van der Waals surface area contributed by atoms with E-state index in [4.69, 9.17) is 10.00 Å². The van der Waals surface area contributed by atoms with Crippen molar-refractivity contribution in [3.8, 4) is 11.8 Å². The van der Waals surface area contributed by atoms with E-state index < -0.39 is 0 Å². The third-order valence-corrected chi connectivity index (χ3v) is 2.93. The quantitative estimate of drug-likeness (QED) is 0.880. The summed E-state index contributed by atoms with van der Waals surface area (Å²) in [5, 5.41) is 11.2. The van der Waals surface area contributed by atoms with Crippen LogP contribution < -0.4 is 10.1 Å². The van der Waals surface area contributed by atoms with Gasteiger partial charge in [-0.2, -0.15) is 5.26 Å². The first-order valence-corrected chi connectivity index (χ1v) is 6.18. The first kappa shape index (κ1) is 12.4. The van der Waals surface area contributed by atoms with Crippen molar-refractivity contribution in [2.45, 2.75) is 32.2 Å². The molecular weight excluding hydrogens is 228 g/mol. The van der Waals surface area contributed by atoms with Crippen molar-refractivity contribution in [2.75, 3.05) is 6.61 Å². The molecule has 4 heteroatoms. The fraction of sp³-hybridized carbons (Fsp3) is 0.429. The maximum absolute atomic E-state index is 11.4. The first-order valence-electron chi connectivity index (χ1n) is 6.18. The molecule has 1 aromatic carbocycles. The topological polar surface area (TPSA) is 62.1 Å². The standard InChI is InChI=1S/C14H16N2O2/c15-7-1-4-14(17)16-10-11-5-6-13-12(9-11)3-2-8-18-13/h5-6,9H,1-4,8,10H2,(H,16,17). The molecule has 0 bridgehead atoms. The van der Waals surface area contributed by atoms with Crippen molar-refractivity contribution in [2.24, 2.45) is 0 Å². The number of nitrogens with zero attached hydrogens (tertiary/aromatic N) is 1. The molecule has 18 heavy (non-hydrogen) atoms. The fourth-order valence-corrected chi connectivity index (χ4v) is 1.98. The van der Waals surface area contributed by atoms with Gasteiger partial charge in [-0.15, -0.1) is 0 Å². The van der Waals surface area contributed by atoms with E-state index >= 15 is 0 Å². The normalized spacial score (nSPS) is 13.1. The molecule has 2 rings (SSSR count). The summed E-state index contributed by atoms with van der Waals surface area (Å²) in [5.74, 6) is 0.881. The zero-order valence-electron chi connectivity index (χ0n) is 10.2. The van der Waals surface area contributed by atoms with Crippen molar-refractivity contribution in [3.05, 3.63) is 29.3 Å². The van der Waals surface area contributed by atoms with E-state index in [9.17, 15) is 4.79 Å². The fourth-order valence-electron chi connectivity index (χ4n) is 1.98. The van der Waals surface area contributed by atoms with Crippen LogP contribution >= 0.6 is 0 Å². The Morgan fingerprint density at radius 3 is 3.22 bits per heavy atom. The van der Waals surface area contributed by atoms with Crippen LogP contribution in [0.3, 0.4) is 0 Å². The number of fused-ring (bicyclic) bond motifs is 1. The van der Waals surface area contributed by atoms with Gasteiger partial charge in [0.05, 0.1) is 12.7 Å². The maximum atomic E-state index is 11.4. The molecule has 0 saturated heterocycles. The molecule has 0 fully saturated rings. The number of carbonyl (C=O) groups is 1. The molecule has 0 aliphatic carbocycles. The Bertz CT molecular complexity index is 477. The number of nitrogens with one attached hydrogen (secondary N) is 1. The van der Waals surface area contributed by atoms with Gasteiger partial charge in [-0.05, 0) is 30.0 Å². The van der Waals surface area contributed by atoms with Gasteiger partial charge in [0.2, 0.25) is 5.91 Å². The molecule has 0 unspecified atom stereocenters. The largest absolute Gasteiger partial charge is 0.493 e. The molecule has 0 saturated carbocycles. The van der Waals surface area contributed by atoms with Crippen LogP contribution in [-0.2, 0) is 17.8 Å². The Kier molecular flexibility index (Phi) is 4.19. The highest BCUT2D eigenvalue weighted by Crippen LogP contribution is 2.25. The minimum Gasteiger partial charge on any atom is -0.493 e. The number of ether oxygens (including phenoxy) is 1. The lowest BCUT2D eigenvalue weighted by Crippen LogP contribution is -2.22. The van der Waals surface area contributed by atoms with E-state index in [2.05, 4.69) is 11.4 Å². The van der Waals surface area contributed by atoms with Crippen molar-refractivity contribution < 1.29 is 9.53 Å². The molecule has 1 N–H and O–H groups in total. The molecule has 0 atom stereocenters. The van der Waals surface area contributed by atoms with Crippen LogP contribution in [0.1, 0.15) is 30.4 Å². The second kappa shape index (κ2) is 6.06. The SMILES string of the molecule is N#CCCC(=O)NCc1ccc2c(c1)CCCO2. The highest BCUT2D eigenvalue weighted by atomic mass is 16.5. The lowest BCUT2D eigenvalue weighted by atomic mass is 10.0. The molecule has 94 valence electrons. The lowest BCUT2D eigenvalue weighted by Gasteiger charge is -2.18. The van der Waals surface area contributed by atoms with E-state index in [1.807, 2.05) is 18.2 Å². The van der Waals surface area contributed by atoms with Crippen LogP contribution in [0.4, 0.5) is 0 Å². The molecule has 4 nitrogen and oxygen atoms in total. The van der Waals surface area contributed by atoms with Gasteiger partial charge >= 0.3 is 0 Å². The zero-order valence-corrected chi connectivity index (χ0v) is 10.2. The number of aryl methyl sites for hydroxylation is 1. The van der Waals surface area contributed by atoms with Crippen LogP contribution in [0.25, 0.3) is 0 Å². The summed E-state index contributed by atoms with van der Waals surface area (Å²) in [6.45, 7) is 1.30. The maximum Gasteiger partial charge on any atom is 0.221 e. The second-order valence-electron chi connectivity index (χ2n) is 4.33. The zero-order chi connectivity index (χ0) is 12.8. The third kappa shape index (κ3) is 3.24. The van der Waals surface area contributed by atoms with E-state index in [0.29, 0.717) is 6.54 Å². The number of nitriles is 1. The summed E-state index contributed by atoms with van der Waals surface area (Å²) in [6.07, 6.45) is 2.62. The Morgan fingerprint density at radius 1 is 1.50 bits per heavy atom. The predicted octanol–water partition coefficient (Wildman–Crippen LogP) is 1.93. The highest BCUT2D eigenvalue weighted by Gasteiger charge is 2.10. The third-order valence-electron chi connectivity index (χ3n) is 2.93. The van der Waals surface area contributed by atoms with Crippen LogP contribution in [0.5, 0.6) is 5.75 Å². The number of rotatable bonds is 4. The van der Waals surface area contributed by atoms with Gasteiger partial charge in [0, 0.05) is 19.4 Å². The van der Waals surface area contributed by atoms with Crippen molar-refractivity contribution >= 4 is 5.91 Å². The molecule has 0 spiro atoms. The van der Waals surface area contributed by atoms with E-state index in [1.54, 1.807) is 0 Å². The predicted molar refractivity (Wildman–Crippen MR) is 67.0 cm³/mol. The van der Waals surface area contributed by atoms with Crippen LogP contribution in [0.2, 0.25) is 0 Å². The van der Waals surface area contributed by atoms with Crippen molar-refractivity contribution in [1.82, 2.24) is 5.32 Å². The molecule has 0 aromatic heterocycles. The summed E-state index contributed by atoms with van der Waals surface area (Å²) in [7, 11) is 0. The van der Waals surface area contributed by atoms with Gasteiger partial charge in [-0.3, -0.25) is 4.79 Å². The van der Waals surface area contributed by atoms with Gasteiger partial charge in [-0.25, -0.2) is 0 Å². The van der Waals surface area contributed by atoms with Crippen LogP contribution in [-0.4, -0.2) is 12.5 Å². The minimum absolute atomic E-state index is 0.0782. The van der Waals surface area contributed by atoms with E-state index in [0.717, 1.165) is 30.8 Å². The van der Waals surface area contributed by atoms with Gasteiger partial charge in [0.15, 0.2) is 0 Å². The highest BCUT2D eigenvalue weighted by molar-refractivity contribution is 5.76. The van der Waals surface area contributed by atoms with Gasteiger partial charge < -0.3 is 10.1 Å². The Labute approximate surface area is 107 Å². The van der Waals surface area contributed by atoms with Gasteiger partial charge in [0.1, 0.15) is 5.75 Å². The number of benzene rings is 1. The monoisotopic (exact) mass is 244 g/mol. The summed E-state index contributed by atoms with van der Waals surface area (Å²) >= 11 is 0. The van der Waals surface area contributed by atoms with Crippen molar-refractivity contribution in [1.29, 1.82) is 5.26 Å². The Hall–Kier alpha value is -2.02. The Balaban J connectivity index is 1.90. The summed E-state index contributed by atoms with van der Waals surface area (Å²) in [4.78, 5) is 11.4. The lowest BCUT2D eigenvalue weighted by molar-refractivity contribution is -0.121. The van der Waals surface area contributed by atoms with Crippen molar-refractivity contribution in [3.63, 3.8) is 0 Å². The van der Waals surface area contributed by atoms with Crippen LogP contribution in [0.15, 0.2) is 18.2 Å². The second-order valence-corrected chi connectivity index (χ2v) is 4.33. The number of hydrogen-bond acceptors (Lipinski definition) is 3. The molecular formula is C14H16N2O2. The van der Waals surface area contributed by atoms with Crippen LogP contribution in [0, 0.1) is 11.3 Å². The molecule has 1 heterocycles. The summed E-state index contributed by atoms with van der Waals surface area (Å²) < 4.78 is 5.53. The summed E-state index contributed by atoms with van der Waals surface area (Å²) in [5.41, 5.74) is 2.29. The number of hydrogen-bond donors (Lipinski definition) is 1. The van der Waals surface area contributed by atoms with E-state index in [-0.39, 0.29) is 18.7 Å². The average Bonchev–Trinajstić information content (AvgIpc) is 2.42. The molecule has 1 aliphatic heterocycles. The average molecular weight is 244 g/mol. The molecule has 1 aliphatic rings. The minimum atomic E-state index is -0.0782. The van der Waals surface area contributed by atoms with Gasteiger partial charge in [-0.1, -0.05) is 12.1 Å². The molecule has 1 amide bonds. The van der Waals surface area contributed by atoms with E-state index in [1.165, 1.54) is 5.56 Å².